The molecule has 2 N–H and O–H groups in total. The third kappa shape index (κ3) is 29.6. The summed E-state index contributed by atoms with van der Waals surface area (Å²) in [6.45, 7) is 11.1. The molecule has 0 aliphatic carbocycles. The minimum atomic E-state index is 0.872. The van der Waals surface area contributed by atoms with Crippen LogP contribution in [0.3, 0.4) is 0 Å². The van der Waals surface area contributed by atoms with Gasteiger partial charge in [-0.15, -0.1) is 13.2 Å². The highest BCUT2D eigenvalue weighted by Crippen LogP contribution is 2.09. The van der Waals surface area contributed by atoms with E-state index in [0.29, 0.717) is 0 Å². The van der Waals surface area contributed by atoms with Gasteiger partial charge in [0, 0.05) is 0 Å². The van der Waals surface area contributed by atoms with Crippen LogP contribution in [0.5, 0.6) is 0 Å². The number of epoxide rings is 1. The van der Waals surface area contributed by atoms with Crippen molar-refractivity contribution in [3.05, 3.63) is 13.2 Å². The van der Waals surface area contributed by atoms with E-state index in [1.807, 2.05) is 0 Å². The van der Waals surface area contributed by atoms with Crippen molar-refractivity contribution in [2.45, 2.75) is 71.1 Å². The summed E-state index contributed by atoms with van der Waals surface area (Å²) in [7, 11) is 0. The molecule has 0 radical (unpaired) electrons. The van der Waals surface area contributed by atoms with Gasteiger partial charge in [0.2, 0.25) is 0 Å². The van der Waals surface area contributed by atoms with Crippen LogP contribution in [0.4, 0.5) is 0 Å². The highest BCUT2D eigenvalue weighted by atomic mass is 16.6. The average Bonchev–Trinajstić information content (AvgIpc) is 3.27. The monoisotopic (exact) mass is 257 g/mol. The first kappa shape index (κ1) is 20.0. The second-order valence-electron chi connectivity index (χ2n) is 4.58. The fourth-order valence-corrected chi connectivity index (χ4v) is 1.63. The van der Waals surface area contributed by atoms with E-state index in [0.717, 1.165) is 19.8 Å². The van der Waals surface area contributed by atoms with Crippen molar-refractivity contribution in [1.29, 1.82) is 0 Å². The lowest BCUT2D eigenvalue weighted by atomic mass is 10.1. The van der Waals surface area contributed by atoms with Crippen molar-refractivity contribution < 1.29 is 4.74 Å². The summed E-state index contributed by atoms with van der Waals surface area (Å²) < 4.78 is 4.50. The molecule has 1 aliphatic heterocycles. The zero-order valence-electron chi connectivity index (χ0n) is 12.6. The van der Waals surface area contributed by atoms with Crippen LogP contribution in [0.25, 0.3) is 0 Å². The van der Waals surface area contributed by atoms with E-state index >= 15 is 0 Å². The van der Waals surface area contributed by atoms with Crippen molar-refractivity contribution in [2.75, 3.05) is 19.8 Å². The molecule has 0 unspecified atom stereocenters. The molecular weight excluding hydrogens is 222 g/mol. The summed E-state index contributed by atoms with van der Waals surface area (Å²) >= 11 is 0. The molecule has 1 heterocycles. The maximum absolute atomic E-state index is 5.42. The molecule has 0 amide bonds. The fraction of sp³-hybridized carbons (Fsp3) is 0.875. The molecule has 1 fully saturated rings. The molecule has 110 valence electrons. The Morgan fingerprint density at radius 1 is 0.778 bits per heavy atom. The van der Waals surface area contributed by atoms with Gasteiger partial charge in [0.25, 0.3) is 0 Å². The summed E-state index contributed by atoms with van der Waals surface area (Å²) in [6, 6.07) is 0. The van der Waals surface area contributed by atoms with Gasteiger partial charge >= 0.3 is 0 Å². The standard InChI is InChI=1S/C12H27N.C2H4O.C2H4/c1-2-3-4-5-6-7-8-9-10-11-12-13;1-2-3-1;1-2/h2-13H2,1H3;1-2H2;1-2H2. The summed E-state index contributed by atoms with van der Waals surface area (Å²) in [5.74, 6) is 0. The molecule has 18 heavy (non-hydrogen) atoms. The molecular formula is C16H35NO. The molecule has 0 aromatic rings. The lowest BCUT2D eigenvalue weighted by Crippen LogP contribution is -1.97. The maximum Gasteiger partial charge on any atom is 0.0701 e. The van der Waals surface area contributed by atoms with E-state index in [2.05, 4.69) is 24.8 Å². The Bertz CT molecular complexity index is 114. The van der Waals surface area contributed by atoms with Gasteiger partial charge in [0.15, 0.2) is 0 Å². The quantitative estimate of drug-likeness (QED) is 0.350. The third-order valence-corrected chi connectivity index (χ3v) is 2.76. The largest absolute Gasteiger partial charge is 0.377 e. The Balaban J connectivity index is 0. The molecule has 0 bridgehead atoms. The van der Waals surface area contributed by atoms with Crippen LogP contribution >= 0.6 is 0 Å². The second-order valence-corrected chi connectivity index (χ2v) is 4.58. The molecule has 0 atom stereocenters. The van der Waals surface area contributed by atoms with Crippen LogP contribution in [0.1, 0.15) is 71.1 Å². The first-order valence-corrected chi connectivity index (χ1v) is 7.69. The molecule has 0 aromatic carbocycles. The van der Waals surface area contributed by atoms with Crippen LogP contribution in [0.15, 0.2) is 13.2 Å². The maximum atomic E-state index is 5.42. The van der Waals surface area contributed by atoms with E-state index in [4.69, 9.17) is 5.73 Å². The van der Waals surface area contributed by atoms with Gasteiger partial charge < -0.3 is 10.5 Å². The third-order valence-electron chi connectivity index (χ3n) is 2.76. The van der Waals surface area contributed by atoms with Crippen LogP contribution in [-0.2, 0) is 4.74 Å². The topological polar surface area (TPSA) is 38.5 Å². The van der Waals surface area contributed by atoms with Crippen molar-refractivity contribution >= 4 is 0 Å². The Hall–Kier alpha value is -0.340. The number of rotatable bonds is 10. The molecule has 2 nitrogen and oxygen atoms in total. The second kappa shape index (κ2) is 21.9. The molecule has 0 saturated carbocycles. The average molecular weight is 257 g/mol. The summed E-state index contributed by atoms with van der Waals surface area (Å²) in [5, 5.41) is 0. The Kier molecular flexibility index (Phi) is 24.3. The lowest BCUT2D eigenvalue weighted by molar-refractivity contribution is 0.475. The van der Waals surface area contributed by atoms with Gasteiger partial charge in [0.05, 0.1) is 13.2 Å². The fourth-order valence-electron chi connectivity index (χ4n) is 1.63. The van der Waals surface area contributed by atoms with Crippen LogP contribution in [0.2, 0.25) is 0 Å². The summed E-state index contributed by atoms with van der Waals surface area (Å²) in [4.78, 5) is 0. The number of hydrogen-bond donors (Lipinski definition) is 1. The molecule has 1 rings (SSSR count). The SMILES string of the molecule is C1CO1.C=C.CCCCCCCCCCCCN. The van der Waals surface area contributed by atoms with E-state index in [1.54, 1.807) is 0 Å². The number of unbranched alkanes of at least 4 members (excludes halogenated alkanes) is 9. The van der Waals surface area contributed by atoms with Crippen LogP contribution in [0, 0.1) is 0 Å². The normalized spacial score (nSPS) is 11.9. The Morgan fingerprint density at radius 2 is 1.11 bits per heavy atom. The zero-order valence-corrected chi connectivity index (χ0v) is 12.6. The lowest BCUT2D eigenvalue weighted by Gasteiger charge is -2.00. The predicted molar refractivity (Wildman–Crippen MR) is 83.0 cm³/mol. The highest BCUT2D eigenvalue weighted by molar-refractivity contribution is 4.47. The van der Waals surface area contributed by atoms with E-state index < -0.39 is 0 Å². The van der Waals surface area contributed by atoms with Gasteiger partial charge in [-0.3, -0.25) is 0 Å². The minimum absolute atomic E-state index is 0.872. The first-order chi connectivity index (χ1) is 8.91. The van der Waals surface area contributed by atoms with Crippen LogP contribution in [-0.4, -0.2) is 19.8 Å². The smallest absolute Gasteiger partial charge is 0.0701 e. The van der Waals surface area contributed by atoms with Crippen molar-refractivity contribution in [3.63, 3.8) is 0 Å². The van der Waals surface area contributed by atoms with E-state index in [1.165, 1.54) is 64.2 Å². The van der Waals surface area contributed by atoms with Gasteiger partial charge in [-0.1, -0.05) is 64.7 Å². The number of ether oxygens (including phenoxy) is 1. The van der Waals surface area contributed by atoms with Gasteiger partial charge in [-0.25, -0.2) is 0 Å². The van der Waals surface area contributed by atoms with Gasteiger partial charge in [-0.05, 0) is 13.0 Å². The Labute approximate surface area is 115 Å². The minimum Gasteiger partial charge on any atom is -0.377 e. The van der Waals surface area contributed by atoms with Crippen molar-refractivity contribution in [2.24, 2.45) is 5.73 Å². The summed E-state index contributed by atoms with van der Waals surface area (Å²) in [5.41, 5.74) is 5.42. The number of hydrogen-bond acceptors (Lipinski definition) is 2. The summed E-state index contributed by atoms with van der Waals surface area (Å²) in [6.07, 6.45) is 13.9. The van der Waals surface area contributed by atoms with E-state index in [-0.39, 0.29) is 0 Å². The molecule has 1 saturated heterocycles. The highest BCUT2D eigenvalue weighted by Gasteiger charge is 1.94. The first-order valence-electron chi connectivity index (χ1n) is 7.69. The Morgan fingerprint density at radius 3 is 1.39 bits per heavy atom. The molecule has 0 spiro atoms. The van der Waals surface area contributed by atoms with Crippen molar-refractivity contribution in [3.8, 4) is 0 Å². The van der Waals surface area contributed by atoms with Gasteiger partial charge in [-0.2, -0.15) is 0 Å². The molecule has 0 aromatic heterocycles. The van der Waals surface area contributed by atoms with E-state index in [9.17, 15) is 0 Å². The van der Waals surface area contributed by atoms with Gasteiger partial charge in [0.1, 0.15) is 0 Å². The molecule has 2 heteroatoms. The van der Waals surface area contributed by atoms with Crippen molar-refractivity contribution in [1.82, 2.24) is 0 Å². The zero-order chi connectivity index (χ0) is 13.9. The number of nitrogens with two attached hydrogens (primary N) is 1. The predicted octanol–water partition coefficient (Wildman–Crippen LogP) is 4.68. The van der Waals surface area contributed by atoms with Crippen LogP contribution < -0.4 is 5.73 Å². The molecule has 1 aliphatic rings.